The van der Waals surface area contributed by atoms with Crippen molar-refractivity contribution in [2.24, 2.45) is 5.92 Å². The maximum atomic E-state index is 12.6. The van der Waals surface area contributed by atoms with E-state index < -0.39 is 0 Å². The van der Waals surface area contributed by atoms with E-state index in [9.17, 15) is 4.79 Å². The molecule has 0 bridgehead atoms. The maximum absolute atomic E-state index is 12.6. The molecule has 5 heteroatoms. The molecule has 4 rings (SSSR count). The Bertz CT molecular complexity index is 882. The van der Waals surface area contributed by atoms with Crippen molar-refractivity contribution >= 4 is 39.2 Å². The van der Waals surface area contributed by atoms with Gasteiger partial charge in [0.25, 0.3) is 5.91 Å². The van der Waals surface area contributed by atoms with Gasteiger partial charge in [0.1, 0.15) is 0 Å². The van der Waals surface area contributed by atoms with Crippen LogP contribution in [0.25, 0.3) is 10.2 Å². The van der Waals surface area contributed by atoms with E-state index in [0.717, 1.165) is 21.2 Å². The molecule has 1 aliphatic carbocycles. The maximum Gasteiger partial charge on any atom is 0.253 e. The summed E-state index contributed by atoms with van der Waals surface area (Å²) in [6.45, 7) is 2.15. The van der Waals surface area contributed by atoms with Crippen LogP contribution in [-0.2, 0) is 5.75 Å². The topological polar surface area (TPSA) is 33.2 Å². The summed E-state index contributed by atoms with van der Waals surface area (Å²) >= 11 is 3.48. The van der Waals surface area contributed by atoms with E-state index in [0.29, 0.717) is 12.0 Å². The number of carbonyl (C=O) groups is 1. The van der Waals surface area contributed by atoms with Crippen molar-refractivity contribution in [2.75, 3.05) is 7.05 Å². The van der Waals surface area contributed by atoms with Gasteiger partial charge in [0.05, 0.1) is 10.2 Å². The molecule has 1 saturated carbocycles. The van der Waals surface area contributed by atoms with E-state index in [2.05, 4.69) is 36.2 Å². The number of fused-ring (bicyclic) bond motifs is 1. The van der Waals surface area contributed by atoms with Crippen LogP contribution in [0.5, 0.6) is 0 Å². The third-order valence-electron chi connectivity index (χ3n) is 5.07. The fraction of sp³-hybridized carbons (Fsp3) is 0.333. The highest BCUT2D eigenvalue weighted by atomic mass is 32.2. The quantitative estimate of drug-likeness (QED) is 0.531. The Morgan fingerprint density at radius 1 is 1.23 bits per heavy atom. The first kappa shape index (κ1) is 17.6. The van der Waals surface area contributed by atoms with E-state index in [1.807, 2.05) is 36.2 Å². The number of hydrogen-bond donors (Lipinski definition) is 0. The van der Waals surface area contributed by atoms with Gasteiger partial charge in [-0.05, 0) is 55.5 Å². The summed E-state index contributed by atoms with van der Waals surface area (Å²) < 4.78 is 2.31. The van der Waals surface area contributed by atoms with Crippen LogP contribution < -0.4 is 0 Å². The number of nitrogens with zero attached hydrogens (tertiary/aromatic N) is 2. The molecule has 26 heavy (non-hydrogen) atoms. The van der Waals surface area contributed by atoms with Gasteiger partial charge in [-0.1, -0.05) is 36.0 Å². The summed E-state index contributed by atoms with van der Waals surface area (Å²) in [7, 11) is 1.92. The van der Waals surface area contributed by atoms with Gasteiger partial charge >= 0.3 is 0 Å². The number of benzene rings is 2. The van der Waals surface area contributed by atoms with E-state index in [-0.39, 0.29) is 5.91 Å². The van der Waals surface area contributed by atoms with Gasteiger partial charge in [0.2, 0.25) is 0 Å². The highest BCUT2D eigenvalue weighted by Gasteiger charge is 2.32. The fourth-order valence-electron chi connectivity index (χ4n) is 3.08. The molecule has 3 aromatic rings. The summed E-state index contributed by atoms with van der Waals surface area (Å²) in [5.74, 6) is 1.67. The minimum absolute atomic E-state index is 0.120. The highest BCUT2D eigenvalue weighted by molar-refractivity contribution is 8.00. The summed E-state index contributed by atoms with van der Waals surface area (Å²) in [5, 5.41) is 0. The highest BCUT2D eigenvalue weighted by Crippen LogP contribution is 2.35. The van der Waals surface area contributed by atoms with Gasteiger partial charge < -0.3 is 4.90 Å². The van der Waals surface area contributed by atoms with Crippen LogP contribution in [0.4, 0.5) is 0 Å². The van der Waals surface area contributed by atoms with E-state index in [1.165, 1.54) is 23.1 Å². The van der Waals surface area contributed by atoms with Crippen LogP contribution in [0, 0.1) is 5.92 Å². The Balaban J connectivity index is 1.38. The normalized spacial score (nSPS) is 15.2. The molecular formula is C21H22N2OS2. The van der Waals surface area contributed by atoms with Gasteiger partial charge in [-0.25, -0.2) is 4.98 Å². The van der Waals surface area contributed by atoms with Crippen molar-refractivity contribution in [3.8, 4) is 0 Å². The van der Waals surface area contributed by atoms with Crippen molar-refractivity contribution in [3.63, 3.8) is 0 Å². The Hall–Kier alpha value is -1.85. The van der Waals surface area contributed by atoms with Crippen molar-refractivity contribution in [3.05, 3.63) is 59.7 Å². The number of thioether (sulfide) groups is 1. The smallest absolute Gasteiger partial charge is 0.253 e. The van der Waals surface area contributed by atoms with Gasteiger partial charge in [-0.2, -0.15) is 0 Å². The molecule has 1 heterocycles. The first-order chi connectivity index (χ1) is 12.6. The molecule has 1 atom stereocenters. The van der Waals surface area contributed by atoms with Gasteiger partial charge in [0, 0.05) is 24.4 Å². The number of carbonyl (C=O) groups excluding carboxylic acids is 1. The third-order valence-corrected chi connectivity index (χ3v) is 7.32. The fourth-order valence-corrected chi connectivity index (χ4v) is 5.11. The van der Waals surface area contributed by atoms with Crippen LogP contribution >= 0.6 is 23.1 Å². The molecule has 3 nitrogen and oxygen atoms in total. The van der Waals surface area contributed by atoms with Crippen LogP contribution in [0.15, 0.2) is 52.9 Å². The minimum Gasteiger partial charge on any atom is -0.339 e. The molecule has 1 aromatic heterocycles. The molecule has 0 N–H and O–H groups in total. The molecule has 0 radical (unpaired) electrons. The number of aromatic nitrogens is 1. The number of rotatable bonds is 6. The predicted molar refractivity (Wildman–Crippen MR) is 110 cm³/mol. The standard InChI is InChI=1S/C21H22N2OS2/c1-14(16-11-12-16)23(2)20(24)17-9-7-15(8-10-17)13-25-21-22-18-5-3-4-6-19(18)26-21/h3-10,14,16H,11-13H2,1-2H3. The largest absolute Gasteiger partial charge is 0.339 e. The average Bonchev–Trinajstić information content (AvgIpc) is 3.44. The molecule has 0 spiro atoms. The summed E-state index contributed by atoms with van der Waals surface area (Å²) in [6.07, 6.45) is 2.50. The molecule has 0 saturated heterocycles. The zero-order valence-electron chi connectivity index (χ0n) is 15.0. The second-order valence-electron chi connectivity index (χ2n) is 6.93. The molecular weight excluding hydrogens is 360 g/mol. The van der Waals surface area contributed by atoms with Crippen molar-refractivity contribution in [1.82, 2.24) is 9.88 Å². The van der Waals surface area contributed by atoms with Crippen LogP contribution in [0.2, 0.25) is 0 Å². The van der Waals surface area contributed by atoms with E-state index in [1.54, 1.807) is 23.1 Å². The molecule has 1 amide bonds. The summed E-state index contributed by atoms with van der Waals surface area (Å²) in [6, 6.07) is 16.6. The van der Waals surface area contributed by atoms with Crippen molar-refractivity contribution < 1.29 is 4.79 Å². The zero-order valence-corrected chi connectivity index (χ0v) is 16.6. The SMILES string of the molecule is CC(C1CC1)N(C)C(=O)c1ccc(CSc2nc3ccccc3s2)cc1. The van der Waals surface area contributed by atoms with Crippen LogP contribution in [0.1, 0.15) is 35.7 Å². The Morgan fingerprint density at radius 3 is 2.65 bits per heavy atom. The van der Waals surface area contributed by atoms with E-state index in [4.69, 9.17) is 0 Å². The first-order valence-corrected chi connectivity index (χ1v) is 10.8. The van der Waals surface area contributed by atoms with Crippen LogP contribution in [0.3, 0.4) is 0 Å². The lowest BCUT2D eigenvalue weighted by atomic mass is 10.1. The molecule has 1 aliphatic rings. The van der Waals surface area contributed by atoms with Gasteiger partial charge in [0.15, 0.2) is 4.34 Å². The zero-order chi connectivity index (χ0) is 18.1. The summed E-state index contributed by atoms with van der Waals surface area (Å²) in [5.41, 5.74) is 3.05. The third kappa shape index (κ3) is 3.79. The minimum atomic E-state index is 0.120. The number of para-hydroxylation sites is 1. The molecule has 1 unspecified atom stereocenters. The first-order valence-electron chi connectivity index (χ1n) is 8.96. The van der Waals surface area contributed by atoms with Crippen molar-refractivity contribution in [2.45, 2.75) is 35.9 Å². The molecule has 0 aliphatic heterocycles. The summed E-state index contributed by atoms with van der Waals surface area (Å²) in [4.78, 5) is 19.2. The van der Waals surface area contributed by atoms with Crippen LogP contribution in [-0.4, -0.2) is 28.9 Å². The average molecular weight is 383 g/mol. The second-order valence-corrected chi connectivity index (χ2v) is 9.18. The van der Waals surface area contributed by atoms with E-state index >= 15 is 0 Å². The number of amides is 1. The predicted octanol–water partition coefficient (Wildman–Crippen LogP) is 5.46. The lowest BCUT2D eigenvalue weighted by Crippen LogP contribution is -2.36. The Labute approximate surface area is 162 Å². The van der Waals surface area contributed by atoms with Gasteiger partial charge in [-0.15, -0.1) is 11.3 Å². The van der Waals surface area contributed by atoms with Gasteiger partial charge in [-0.3, -0.25) is 4.79 Å². The molecule has 2 aromatic carbocycles. The number of hydrogen-bond acceptors (Lipinski definition) is 4. The number of thiazole rings is 1. The lowest BCUT2D eigenvalue weighted by Gasteiger charge is -2.25. The second kappa shape index (κ2) is 7.41. The Morgan fingerprint density at radius 2 is 1.96 bits per heavy atom. The van der Waals surface area contributed by atoms with Crippen molar-refractivity contribution in [1.29, 1.82) is 0 Å². The monoisotopic (exact) mass is 382 g/mol. The molecule has 134 valence electrons. The Kier molecular flexibility index (Phi) is 5.00. The lowest BCUT2D eigenvalue weighted by molar-refractivity contribution is 0.0727. The molecule has 1 fully saturated rings.